The van der Waals surface area contributed by atoms with Gasteiger partial charge >= 0.3 is 0 Å². The molecule has 1 aliphatic carbocycles. The molecule has 3 nitrogen and oxygen atoms in total. The minimum atomic E-state index is 0.258. The van der Waals surface area contributed by atoms with E-state index >= 15 is 0 Å². The van der Waals surface area contributed by atoms with Crippen molar-refractivity contribution in [3.05, 3.63) is 0 Å². The van der Waals surface area contributed by atoms with E-state index in [-0.39, 0.29) is 6.17 Å². The third-order valence-electron chi connectivity index (χ3n) is 4.65. The first-order chi connectivity index (χ1) is 8.00. The Balaban J connectivity index is 2.07. The molecule has 1 N–H and O–H groups in total. The van der Waals surface area contributed by atoms with Crippen LogP contribution in [0, 0.1) is 17.8 Å². The van der Waals surface area contributed by atoms with E-state index in [0.717, 1.165) is 11.8 Å². The highest BCUT2D eigenvalue weighted by atomic mass is 16.2. The molecule has 1 heterocycles. The Kier molecular flexibility index (Phi) is 3.76. The van der Waals surface area contributed by atoms with Crippen molar-refractivity contribution in [2.45, 2.75) is 59.2 Å². The van der Waals surface area contributed by atoms with E-state index in [0.29, 0.717) is 24.4 Å². The summed E-state index contributed by atoms with van der Waals surface area (Å²) in [6, 6.07) is 0.469. The van der Waals surface area contributed by atoms with Gasteiger partial charge in [-0.2, -0.15) is 0 Å². The molecule has 98 valence electrons. The summed E-state index contributed by atoms with van der Waals surface area (Å²) in [7, 11) is 0. The van der Waals surface area contributed by atoms with Crippen LogP contribution < -0.4 is 5.32 Å². The zero-order chi connectivity index (χ0) is 12.6. The van der Waals surface area contributed by atoms with Gasteiger partial charge in [0.05, 0.1) is 12.7 Å². The van der Waals surface area contributed by atoms with Crippen molar-refractivity contribution in [3.8, 4) is 0 Å². The van der Waals surface area contributed by atoms with Crippen LogP contribution >= 0.6 is 0 Å². The van der Waals surface area contributed by atoms with Gasteiger partial charge in [0, 0.05) is 6.04 Å². The number of carbonyl (C=O) groups excluding carboxylic acids is 1. The van der Waals surface area contributed by atoms with E-state index in [1.165, 1.54) is 19.3 Å². The summed E-state index contributed by atoms with van der Waals surface area (Å²) in [6.07, 6.45) is 3.88. The summed E-state index contributed by atoms with van der Waals surface area (Å²) < 4.78 is 0. The maximum atomic E-state index is 12.0. The van der Waals surface area contributed by atoms with Crippen molar-refractivity contribution in [2.75, 3.05) is 6.54 Å². The molecule has 4 unspecified atom stereocenters. The van der Waals surface area contributed by atoms with Crippen molar-refractivity contribution in [2.24, 2.45) is 17.8 Å². The lowest BCUT2D eigenvalue weighted by atomic mass is 9.78. The van der Waals surface area contributed by atoms with Crippen molar-refractivity contribution in [1.82, 2.24) is 10.2 Å². The normalized spacial score (nSPS) is 39.1. The molecular weight excluding hydrogens is 212 g/mol. The van der Waals surface area contributed by atoms with Crippen LogP contribution in [0.1, 0.15) is 47.0 Å². The quantitative estimate of drug-likeness (QED) is 0.800. The van der Waals surface area contributed by atoms with Crippen LogP contribution in [0.5, 0.6) is 0 Å². The second-order valence-electron chi connectivity index (χ2n) is 6.29. The molecule has 0 bridgehead atoms. The second kappa shape index (κ2) is 4.97. The van der Waals surface area contributed by atoms with Crippen molar-refractivity contribution < 1.29 is 4.79 Å². The predicted octanol–water partition coefficient (Wildman–Crippen LogP) is 2.22. The highest BCUT2D eigenvalue weighted by Gasteiger charge is 2.39. The Hall–Kier alpha value is -0.570. The number of nitrogens with zero attached hydrogens (tertiary/aromatic N) is 1. The Morgan fingerprint density at radius 2 is 1.94 bits per heavy atom. The van der Waals surface area contributed by atoms with Crippen molar-refractivity contribution >= 4 is 5.91 Å². The molecule has 2 rings (SSSR count). The SMILES string of the molecule is CC(C)C1NCC(=O)N1C1CCC(C)C(C)C1. The smallest absolute Gasteiger partial charge is 0.238 e. The number of hydrogen-bond donors (Lipinski definition) is 1. The molecule has 1 aliphatic heterocycles. The van der Waals surface area contributed by atoms with E-state index in [4.69, 9.17) is 0 Å². The second-order valence-corrected chi connectivity index (χ2v) is 6.29. The summed E-state index contributed by atoms with van der Waals surface area (Å²) in [5, 5.41) is 3.36. The summed E-state index contributed by atoms with van der Waals surface area (Å²) in [4.78, 5) is 14.2. The fraction of sp³-hybridized carbons (Fsp3) is 0.929. The molecule has 3 heteroatoms. The average Bonchev–Trinajstić information content (AvgIpc) is 2.64. The molecule has 2 fully saturated rings. The van der Waals surface area contributed by atoms with E-state index in [2.05, 4.69) is 37.9 Å². The lowest BCUT2D eigenvalue weighted by molar-refractivity contribution is -0.132. The topological polar surface area (TPSA) is 32.3 Å². The monoisotopic (exact) mass is 238 g/mol. The molecule has 4 atom stereocenters. The molecule has 0 aromatic rings. The lowest BCUT2D eigenvalue weighted by Gasteiger charge is -2.40. The first-order valence-corrected chi connectivity index (χ1v) is 7.05. The van der Waals surface area contributed by atoms with Gasteiger partial charge in [-0.25, -0.2) is 0 Å². The molecule has 1 saturated heterocycles. The zero-order valence-corrected chi connectivity index (χ0v) is 11.6. The van der Waals surface area contributed by atoms with Crippen LogP contribution in [-0.2, 0) is 4.79 Å². The molecule has 0 aromatic heterocycles. The van der Waals surface area contributed by atoms with Crippen molar-refractivity contribution in [1.29, 1.82) is 0 Å². The highest BCUT2D eigenvalue weighted by molar-refractivity contribution is 5.81. The summed E-state index contributed by atoms with van der Waals surface area (Å²) >= 11 is 0. The maximum Gasteiger partial charge on any atom is 0.238 e. The van der Waals surface area contributed by atoms with Crippen LogP contribution in [0.3, 0.4) is 0 Å². The first kappa shape index (κ1) is 12.9. The third kappa shape index (κ3) is 2.49. The Morgan fingerprint density at radius 1 is 1.24 bits per heavy atom. The number of rotatable bonds is 2. The van der Waals surface area contributed by atoms with Gasteiger partial charge in [-0.15, -0.1) is 0 Å². The number of amides is 1. The maximum absolute atomic E-state index is 12.0. The van der Waals surface area contributed by atoms with E-state index < -0.39 is 0 Å². The van der Waals surface area contributed by atoms with Gasteiger partial charge in [-0.1, -0.05) is 27.7 Å². The number of hydrogen-bond acceptors (Lipinski definition) is 2. The van der Waals surface area contributed by atoms with E-state index in [9.17, 15) is 4.79 Å². The molecule has 0 spiro atoms. The van der Waals surface area contributed by atoms with Gasteiger partial charge in [0.15, 0.2) is 0 Å². The Bertz CT molecular complexity index is 290. The Labute approximate surface area is 105 Å². The number of nitrogens with one attached hydrogen (secondary N) is 1. The van der Waals surface area contributed by atoms with Crippen LogP contribution in [0.4, 0.5) is 0 Å². The van der Waals surface area contributed by atoms with Crippen molar-refractivity contribution in [3.63, 3.8) is 0 Å². The average molecular weight is 238 g/mol. The summed E-state index contributed by atoms with van der Waals surface area (Å²) in [5.41, 5.74) is 0. The molecule has 17 heavy (non-hydrogen) atoms. The molecule has 2 aliphatic rings. The molecule has 0 radical (unpaired) electrons. The lowest BCUT2D eigenvalue weighted by Crippen LogP contribution is -2.49. The molecule has 1 saturated carbocycles. The van der Waals surface area contributed by atoms with Gasteiger partial charge in [-0.3, -0.25) is 10.1 Å². The van der Waals surface area contributed by atoms with Gasteiger partial charge in [0.1, 0.15) is 0 Å². The van der Waals surface area contributed by atoms with Gasteiger partial charge < -0.3 is 4.90 Å². The summed E-state index contributed by atoms with van der Waals surface area (Å²) in [6.45, 7) is 9.58. The summed E-state index contributed by atoms with van der Waals surface area (Å²) in [5.74, 6) is 2.36. The van der Waals surface area contributed by atoms with Gasteiger partial charge in [0.25, 0.3) is 0 Å². The van der Waals surface area contributed by atoms with Crippen LogP contribution in [0.2, 0.25) is 0 Å². The van der Waals surface area contributed by atoms with Gasteiger partial charge in [-0.05, 0) is 37.0 Å². The molecule has 1 amide bonds. The Morgan fingerprint density at radius 3 is 2.53 bits per heavy atom. The third-order valence-corrected chi connectivity index (χ3v) is 4.65. The van der Waals surface area contributed by atoms with E-state index in [1.54, 1.807) is 0 Å². The zero-order valence-electron chi connectivity index (χ0n) is 11.6. The highest BCUT2D eigenvalue weighted by Crippen LogP contribution is 2.34. The van der Waals surface area contributed by atoms with Crippen LogP contribution in [-0.4, -0.2) is 29.6 Å². The minimum Gasteiger partial charge on any atom is -0.323 e. The van der Waals surface area contributed by atoms with Crippen LogP contribution in [0.25, 0.3) is 0 Å². The minimum absolute atomic E-state index is 0.258. The fourth-order valence-corrected chi connectivity index (χ4v) is 3.30. The van der Waals surface area contributed by atoms with Gasteiger partial charge in [0.2, 0.25) is 5.91 Å². The number of carbonyl (C=O) groups is 1. The fourth-order valence-electron chi connectivity index (χ4n) is 3.30. The first-order valence-electron chi connectivity index (χ1n) is 7.05. The molecule has 0 aromatic carbocycles. The van der Waals surface area contributed by atoms with E-state index in [1.807, 2.05) is 0 Å². The largest absolute Gasteiger partial charge is 0.323 e. The van der Waals surface area contributed by atoms with Crippen LogP contribution in [0.15, 0.2) is 0 Å². The standard InChI is InChI=1S/C14H26N2O/c1-9(2)14-15-8-13(17)16(14)12-6-5-10(3)11(4)7-12/h9-12,14-15H,5-8H2,1-4H3. The predicted molar refractivity (Wildman–Crippen MR) is 69.4 cm³/mol. The molecular formula is C14H26N2O.